The lowest BCUT2D eigenvalue weighted by Crippen LogP contribution is -2.37. The molecule has 0 atom stereocenters. The molecular weight excluding hydrogens is 446 g/mol. The van der Waals surface area contributed by atoms with E-state index >= 15 is 0 Å². The second kappa shape index (κ2) is 8.27. The molecule has 0 saturated heterocycles. The molecule has 0 aliphatic heterocycles. The normalized spacial score (nSPS) is 11.0. The summed E-state index contributed by atoms with van der Waals surface area (Å²) in [6, 6.07) is 7.23. The van der Waals surface area contributed by atoms with Crippen LogP contribution in [0.3, 0.4) is 0 Å². The summed E-state index contributed by atoms with van der Waals surface area (Å²) in [6.45, 7) is 1.88. The summed E-state index contributed by atoms with van der Waals surface area (Å²) >= 11 is 4.49. The number of hydrogen-bond acceptors (Lipinski definition) is 6. The molecule has 1 amide bonds. The van der Waals surface area contributed by atoms with E-state index in [1.165, 1.54) is 11.6 Å². The summed E-state index contributed by atoms with van der Waals surface area (Å²) in [5, 5.41) is 3.43. The van der Waals surface area contributed by atoms with Crippen LogP contribution in [0.15, 0.2) is 43.4 Å². The quantitative estimate of drug-likeness (QED) is 0.459. The molecule has 1 N–H and O–H groups in total. The van der Waals surface area contributed by atoms with Crippen molar-refractivity contribution in [3.63, 3.8) is 0 Å². The van der Waals surface area contributed by atoms with E-state index in [0.29, 0.717) is 23.0 Å². The number of benzene rings is 1. The average Bonchev–Trinajstić information content (AvgIpc) is 2.70. The second-order valence-electron chi connectivity index (χ2n) is 6.05. The second-order valence-corrected chi connectivity index (χ2v) is 7.93. The number of anilines is 1. The third-order valence-electron chi connectivity index (χ3n) is 4.10. The first-order valence-corrected chi connectivity index (χ1v) is 10.2. The summed E-state index contributed by atoms with van der Waals surface area (Å²) < 4.78 is 3.26. The smallest absolute Gasteiger partial charge is 0.325 e. The minimum Gasteiger partial charge on any atom is -0.325 e. The number of carbonyl (C=O) groups excluding carboxylic acids is 1. The van der Waals surface area contributed by atoms with Crippen molar-refractivity contribution in [2.45, 2.75) is 18.4 Å². The summed E-state index contributed by atoms with van der Waals surface area (Å²) in [5.41, 5.74) is 0.0171. The SMILES string of the molecule is CCc1nc(SCC(=O)Nc2ccc(Br)cc2)c2c(=O)n(C)c(=O)n(C)c2n1. The van der Waals surface area contributed by atoms with Gasteiger partial charge in [-0.3, -0.25) is 18.7 Å². The standard InChI is InChI=1S/C18H18BrN5O3S/c1-4-12-21-15-14(17(26)24(3)18(27)23(15)2)16(22-12)28-9-13(25)20-11-7-5-10(19)6-8-11/h5-8H,4,9H2,1-3H3,(H,20,25). The Labute approximate surface area is 173 Å². The molecule has 0 aliphatic rings. The van der Waals surface area contributed by atoms with E-state index in [2.05, 4.69) is 31.2 Å². The summed E-state index contributed by atoms with van der Waals surface area (Å²) in [4.78, 5) is 45.9. The fourth-order valence-corrected chi connectivity index (χ4v) is 3.70. The molecule has 28 heavy (non-hydrogen) atoms. The van der Waals surface area contributed by atoms with Crippen molar-refractivity contribution in [1.29, 1.82) is 0 Å². The Kier molecular flexibility index (Phi) is 5.99. The molecule has 0 spiro atoms. The highest BCUT2D eigenvalue weighted by atomic mass is 79.9. The molecule has 0 bridgehead atoms. The van der Waals surface area contributed by atoms with Crippen LogP contribution in [0.5, 0.6) is 0 Å². The predicted molar refractivity (Wildman–Crippen MR) is 113 cm³/mol. The van der Waals surface area contributed by atoms with Crippen LogP contribution in [0.1, 0.15) is 12.7 Å². The van der Waals surface area contributed by atoms with Gasteiger partial charge in [0.1, 0.15) is 16.2 Å². The van der Waals surface area contributed by atoms with Crippen LogP contribution in [0, 0.1) is 0 Å². The van der Waals surface area contributed by atoms with Gasteiger partial charge >= 0.3 is 5.69 Å². The molecular formula is C18H18BrN5O3S. The Morgan fingerprint density at radius 2 is 1.82 bits per heavy atom. The Balaban J connectivity index is 1.94. The molecule has 146 valence electrons. The molecule has 10 heteroatoms. The van der Waals surface area contributed by atoms with E-state index in [9.17, 15) is 14.4 Å². The van der Waals surface area contributed by atoms with Crippen LogP contribution in [-0.2, 0) is 25.3 Å². The van der Waals surface area contributed by atoms with Crippen molar-refractivity contribution >= 4 is 50.3 Å². The third-order valence-corrected chi connectivity index (χ3v) is 5.60. The zero-order valence-corrected chi connectivity index (χ0v) is 17.9. The largest absolute Gasteiger partial charge is 0.332 e. The lowest BCUT2D eigenvalue weighted by molar-refractivity contribution is -0.113. The number of thioether (sulfide) groups is 1. The first-order chi connectivity index (χ1) is 13.3. The molecule has 3 rings (SSSR count). The van der Waals surface area contributed by atoms with Crippen molar-refractivity contribution in [3.8, 4) is 0 Å². The highest BCUT2D eigenvalue weighted by molar-refractivity contribution is 9.10. The highest BCUT2D eigenvalue weighted by Crippen LogP contribution is 2.23. The van der Waals surface area contributed by atoms with Gasteiger partial charge in [-0.05, 0) is 24.3 Å². The van der Waals surface area contributed by atoms with Gasteiger partial charge in [0.25, 0.3) is 5.56 Å². The third kappa shape index (κ3) is 4.02. The number of carbonyl (C=O) groups is 1. The number of amides is 1. The summed E-state index contributed by atoms with van der Waals surface area (Å²) in [7, 11) is 2.97. The van der Waals surface area contributed by atoms with Crippen LogP contribution < -0.4 is 16.6 Å². The first kappa shape index (κ1) is 20.3. The van der Waals surface area contributed by atoms with E-state index in [1.807, 2.05) is 19.1 Å². The van der Waals surface area contributed by atoms with Crippen LogP contribution >= 0.6 is 27.7 Å². The lowest BCUT2D eigenvalue weighted by atomic mass is 10.3. The number of rotatable bonds is 5. The van der Waals surface area contributed by atoms with E-state index in [-0.39, 0.29) is 22.7 Å². The molecule has 0 unspecified atom stereocenters. The predicted octanol–water partition coefficient (Wildman–Crippen LogP) is 2.08. The van der Waals surface area contributed by atoms with Crippen LogP contribution in [0.25, 0.3) is 11.0 Å². The molecule has 0 saturated carbocycles. The molecule has 3 aromatic rings. The molecule has 0 fully saturated rings. The number of fused-ring (bicyclic) bond motifs is 1. The van der Waals surface area contributed by atoms with E-state index in [1.54, 1.807) is 19.2 Å². The van der Waals surface area contributed by atoms with Crippen LogP contribution in [0.4, 0.5) is 5.69 Å². The van der Waals surface area contributed by atoms with Gasteiger partial charge in [0.15, 0.2) is 5.65 Å². The maximum Gasteiger partial charge on any atom is 0.332 e. The monoisotopic (exact) mass is 463 g/mol. The van der Waals surface area contributed by atoms with Gasteiger partial charge in [0.05, 0.1) is 5.75 Å². The van der Waals surface area contributed by atoms with Gasteiger partial charge in [-0.1, -0.05) is 34.6 Å². The Hall–Kier alpha value is -2.46. The Morgan fingerprint density at radius 1 is 1.14 bits per heavy atom. The van der Waals surface area contributed by atoms with Gasteiger partial charge < -0.3 is 5.32 Å². The Morgan fingerprint density at radius 3 is 2.46 bits per heavy atom. The number of nitrogens with zero attached hydrogens (tertiary/aromatic N) is 4. The topological polar surface area (TPSA) is 98.9 Å². The maximum absolute atomic E-state index is 12.6. The molecule has 1 aromatic carbocycles. The molecule has 0 aliphatic carbocycles. The zero-order chi connectivity index (χ0) is 20.4. The van der Waals surface area contributed by atoms with E-state index < -0.39 is 11.2 Å². The fraction of sp³-hybridized carbons (Fsp3) is 0.278. The molecule has 8 nitrogen and oxygen atoms in total. The molecule has 0 radical (unpaired) electrons. The van der Waals surface area contributed by atoms with Crippen LogP contribution in [-0.4, -0.2) is 30.8 Å². The summed E-state index contributed by atoms with van der Waals surface area (Å²) in [5.74, 6) is 0.350. The fourth-order valence-electron chi connectivity index (χ4n) is 2.60. The van der Waals surface area contributed by atoms with Gasteiger partial charge in [0.2, 0.25) is 5.91 Å². The van der Waals surface area contributed by atoms with E-state index in [4.69, 9.17) is 0 Å². The highest BCUT2D eigenvalue weighted by Gasteiger charge is 2.18. The van der Waals surface area contributed by atoms with Crippen LogP contribution in [0.2, 0.25) is 0 Å². The van der Waals surface area contributed by atoms with Crippen molar-refractivity contribution in [3.05, 3.63) is 55.4 Å². The van der Waals surface area contributed by atoms with Crippen molar-refractivity contribution in [1.82, 2.24) is 19.1 Å². The molecule has 2 heterocycles. The number of aromatic nitrogens is 4. The minimum absolute atomic E-state index is 0.0668. The van der Waals surface area contributed by atoms with Gasteiger partial charge in [-0.25, -0.2) is 14.8 Å². The van der Waals surface area contributed by atoms with Crippen molar-refractivity contribution in [2.75, 3.05) is 11.1 Å². The van der Waals surface area contributed by atoms with E-state index in [0.717, 1.165) is 20.8 Å². The van der Waals surface area contributed by atoms with Gasteiger partial charge in [0, 0.05) is 30.7 Å². The lowest BCUT2D eigenvalue weighted by Gasteiger charge is -2.11. The number of aryl methyl sites for hydroxylation is 2. The van der Waals surface area contributed by atoms with Gasteiger partial charge in [-0.2, -0.15) is 0 Å². The number of hydrogen-bond donors (Lipinski definition) is 1. The number of halogens is 1. The minimum atomic E-state index is -0.475. The number of nitrogens with one attached hydrogen (secondary N) is 1. The van der Waals surface area contributed by atoms with Crippen molar-refractivity contribution in [2.24, 2.45) is 14.1 Å². The van der Waals surface area contributed by atoms with Gasteiger partial charge in [-0.15, -0.1) is 0 Å². The van der Waals surface area contributed by atoms with Crippen molar-refractivity contribution < 1.29 is 4.79 Å². The average molecular weight is 464 g/mol. The summed E-state index contributed by atoms with van der Waals surface area (Å²) in [6.07, 6.45) is 0.540. The maximum atomic E-state index is 12.6. The zero-order valence-electron chi connectivity index (χ0n) is 15.5. The Bertz CT molecular complexity index is 1170. The molecule has 2 aromatic heterocycles. The first-order valence-electron chi connectivity index (χ1n) is 8.46.